The zero-order valence-corrected chi connectivity index (χ0v) is 11.5. The van der Waals surface area contributed by atoms with Crippen molar-refractivity contribution in [2.45, 2.75) is 31.7 Å². The van der Waals surface area contributed by atoms with E-state index in [0.717, 1.165) is 38.9 Å². The molecule has 6 nitrogen and oxygen atoms in total. The van der Waals surface area contributed by atoms with Crippen LogP contribution in [-0.4, -0.2) is 56.2 Å². The molecule has 0 radical (unpaired) electrons. The van der Waals surface area contributed by atoms with E-state index in [2.05, 4.69) is 10.6 Å². The number of ether oxygens (including phenoxy) is 1. The highest BCUT2D eigenvalue weighted by atomic mass is 16.5. The van der Waals surface area contributed by atoms with Gasteiger partial charge in [0.15, 0.2) is 0 Å². The molecule has 108 valence electrons. The van der Waals surface area contributed by atoms with Gasteiger partial charge in [0.2, 0.25) is 5.91 Å². The summed E-state index contributed by atoms with van der Waals surface area (Å²) in [6, 6.07) is 0.210. The number of nitrogens with zero attached hydrogens (tertiary/aromatic N) is 1. The van der Waals surface area contributed by atoms with Gasteiger partial charge in [-0.2, -0.15) is 0 Å². The van der Waals surface area contributed by atoms with Crippen molar-refractivity contribution in [1.82, 2.24) is 15.5 Å². The summed E-state index contributed by atoms with van der Waals surface area (Å²) < 4.78 is 5.28. The second-order valence-corrected chi connectivity index (χ2v) is 5.21. The van der Waals surface area contributed by atoms with Crippen LogP contribution in [0, 0.1) is 5.92 Å². The Bertz CT molecular complexity index is 321. The van der Waals surface area contributed by atoms with Crippen molar-refractivity contribution >= 4 is 11.9 Å². The van der Waals surface area contributed by atoms with Gasteiger partial charge in [-0.3, -0.25) is 4.79 Å². The number of carbonyl (C=O) groups is 2. The fourth-order valence-corrected chi connectivity index (χ4v) is 2.66. The number of urea groups is 1. The lowest BCUT2D eigenvalue weighted by molar-refractivity contribution is -0.127. The van der Waals surface area contributed by atoms with Crippen LogP contribution in [0.25, 0.3) is 0 Å². The molecule has 2 aliphatic heterocycles. The van der Waals surface area contributed by atoms with Gasteiger partial charge in [0, 0.05) is 45.3 Å². The molecule has 0 spiro atoms. The standard InChI is InChI=1S/C13H23N3O3/c1-14-13(18)16-6-2-10(3-7-16)12(17)15-11-4-8-19-9-5-11/h10-11H,2-9H2,1H3,(H,14,18)(H,15,17). The highest BCUT2D eigenvalue weighted by Gasteiger charge is 2.28. The third kappa shape index (κ3) is 3.83. The van der Waals surface area contributed by atoms with Gasteiger partial charge in [-0.25, -0.2) is 4.79 Å². The number of likely N-dealkylation sites (tertiary alicyclic amines) is 1. The molecule has 0 aromatic rings. The Balaban J connectivity index is 1.74. The van der Waals surface area contributed by atoms with E-state index in [1.54, 1.807) is 11.9 Å². The number of rotatable bonds is 2. The van der Waals surface area contributed by atoms with Crippen LogP contribution < -0.4 is 10.6 Å². The minimum atomic E-state index is -0.0525. The molecule has 0 atom stereocenters. The summed E-state index contributed by atoms with van der Waals surface area (Å²) in [7, 11) is 1.63. The van der Waals surface area contributed by atoms with E-state index in [-0.39, 0.29) is 23.9 Å². The van der Waals surface area contributed by atoms with E-state index in [9.17, 15) is 9.59 Å². The lowest BCUT2D eigenvalue weighted by Gasteiger charge is -2.32. The maximum Gasteiger partial charge on any atom is 0.317 e. The van der Waals surface area contributed by atoms with Gasteiger partial charge in [-0.1, -0.05) is 0 Å². The Labute approximate surface area is 113 Å². The van der Waals surface area contributed by atoms with Crippen molar-refractivity contribution in [3.63, 3.8) is 0 Å². The van der Waals surface area contributed by atoms with Crippen LogP contribution in [0.5, 0.6) is 0 Å². The van der Waals surface area contributed by atoms with Crippen molar-refractivity contribution < 1.29 is 14.3 Å². The van der Waals surface area contributed by atoms with Crippen molar-refractivity contribution in [3.8, 4) is 0 Å². The summed E-state index contributed by atoms with van der Waals surface area (Å²) in [5.41, 5.74) is 0. The quantitative estimate of drug-likeness (QED) is 0.759. The maximum atomic E-state index is 12.1. The Morgan fingerprint density at radius 2 is 1.74 bits per heavy atom. The Morgan fingerprint density at radius 1 is 1.11 bits per heavy atom. The van der Waals surface area contributed by atoms with Crippen LogP contribution in [0.3, 0.4) is 0 Å². The third-order valence-corrected chi connectivity index (χ3v) is 3.93. The molecule has 6 heteroatoms. The molecule has 2 aliphatic rings. The van der Waals surface area contributed by atoms with Gasteiger partial charge in [0.05, 0.1) is 0 Å². The fraction of sp³-hybridized carbons (Fsp3) is 0.846. The number of carbonyl (C=O) groups excluding carboxylic acids is 2. The lowest BCUT2D eigenvalue weighted by atomic mass is 9.95. The largest absolute Gasteiger partial charge is 0.381 e. The number of amides is 3. The van der Waals surface area contributed by atoms with E-state index >= 15 is 0 Å². The molecule has 0 aromatic carbocycles. The molecule has 0 aromatic heterocycles. The number of piperidine rings is 1. The fourth-order valence-electron chi connectivity index (χ4n) is 2.66. The SMILES string of the molecule is CNC(=O)N1CCC(C(=O)NC2CCOCC2)CC1. The molecular formula is C13H23N3O3. The molecule has 0 unspecified atom stereocenters. The first-order valence-electron chi connectivity index (χ1n) is 7.05. The van der Waals surface area contributed by atoms with E-state index in [1.807, 2.05) is 0 Å². The van der Waals surface area contributed by atoms with Crippen LogP contribution in [-0.2, 0) is 9.53 Å². The predicted molar refractivity (Wildman–Crippen MR) is 70.7 cm³/mol. The van der Waals surface area contributed by atoms with Gasteiger partial charge in [-0.15, -0.1) is 0 Å². The summed E-state index contributed by atoms with van der Waals surface area (Å²) in [6.07, 6.45) is 3.32. The smallest absolute Gasteiger partial charge is 0.317 e. The Hall–Kier alpha value is -1.30. The summed E-state index contributed by atoms with van der Waals surface area (Å²) in [5, 5.41) is 5.73. The average Bonchev–Trinajstić information content (AvgIpc) is 2.47. The van der Waals surface area contributed by atoms with E-state index < -0.39 is 0 Å². The van der Waals surface area contributed by atoms with Crippen molar-refractivity contribution in [1.29, 1.82) is 0 Å². The Morgan fingerprint density at radius 3 is 2.32 bits per heavy atom. The molecule has 0 aliphatic carbocycles. The normalized spacial score (nSPS) is 22.1. The zero-order valence-electron chi connectivity index (χ0n) is 11.5. The number of hydrogen-bond acceptors (Lipinski definition) is 3. The predicted octanol–water partition coefficient (Wildman–Crippen LogP) is 0.333. The number of nitrogens with one attached hydrogen (secondary N) is 2. The van der Waals surface area contributed by atoms with Crippen molar-refractivity contribution in [2.24, 2.45) is 5.92 Å². The van der Waals surface area contributed by atoms with E-state index in [1.165, 1.54) is 0 Å². The number of hydrogen-bond donors (Lipinski definition) is 2. The average molecular weight is 269 g/mol. The van der Waals surface area contributed by atoms with Crippen LogP contribution in [0.1, 0.15) is 25.7 Å². The van der Waals surface area contributed by atoms with Crippen LogP contribution >= 0.6 is 0 Å². The van der Waals surface area contributed by atoms with E-state index in [0.29, 0.717) is 13.1 Å². The molecular weight excluding hydrogens is 246 g/mol. The Kier molecular flexibility index (Phi) is 5.01. The second-order valence-electron chi connectivity index (χ2n) is 5.21. The topological polar surface area (TPSA) is 70.7 Å². The van der Waals surface area contributed by atoms with Gasteiger partial charge < -0.3 is 20.3 Å². The minimum absolute atomic E-state index is 0.0451. The molecule has 19 heavy (non-hydrogen) atoms. The summed E-state index contributed by atoms with van der Waals surface area (Å²) in [4.78, 5) is 25.4. The summed E-state index contributed by atoms with van der Waals surface area (Å²) in [5.74, 6) is 0.187. The second kappa shape index (κ2) is 6.75. The third-order valence-electron chi connectivity index (χ3n) is 3.93. The molecule has 2 N–H and O–H groups in total. The maximum absolute atomic E-state index is 12.1. The molecule has 0 saturated carbocycles. The first-order valence-corrected chi connectivity index (χ1v) is 7.05. The lowest BCUT2D eigenvalue weighted by Crippen LogP contribution is -2.48. The van der Waals surface area contributed by atoms with Gasteiger partial charge in [0.1, 0.15) is 0 Å². The van der Waals surface area contributed by atoms with E-state index in [4.69, 9.17) is 4.74 Å². The van der Waals surface area contributed by atoms with Crippen LogP contribution in [0.4, 0.5) is 4.79 Å². The first-order chi connectivity index (χ1) is 9.20. The molecule has 3 amide bonds. The molecule has 2 fully saturated rings. The molecule has 2 heterocycles. The highest BCUT2D eigenvalue weighted by molar-refractivity contribution is 5.80. The summed E-state index contributed by atoms with van der Waals surface area (Å²) >= 11 is 0. The van der Waals surface area contributed by atoms with Crippen molar-refractivity contribution in [2.75, 3.05) is 33.4 Å². The van der Waals surface area contributed by atoms with Gasteiger partial charge >= 0.3 is 6.03 Å². The minimum Gasteiger partial charge on any atom is -0.381 e. The monoisotopic (exact) mass is 269 g/mol. The molecule has 2 saturated heterocycles. The highest BCUT2D eigenvalue weighted by Crippen LogP contribution is 2.18. The van der Waals surface area contributed by atoms with Crippen molar-refractivity contribution in [3.05, 3.63) is 0 Å². The summed E-state index contributed by atoms with van der Waals surface area (Å²) in [6.45, 7) is 2.79. The first kappa shape index (κ1) is 14.1. The van der Waals surface area contributed by atoms with Gasteiger partial charge in [-0.05, 0) is 25.7 Å². The molecule has 0 bridgehead atoms. The van der Waals surface area contributed by atoms with Crippen LogP contribution in [0.15, 0.2) is 0 Å². The van der Waals surface area contributed by atoms with Gasteiger partial charge in [0.25, 0.3) is 0 Å². The van der Waals surface area contributed by atoms with Crippen LogP contribution in [0.2, 0.25) is 0 Å². The molecule has 2 rings (SSSR count). The zero-order chi connectivity index (χ0) is 13.7.